The zero-order valence-electron chi connectivity index (χ0n) is 29.4. The van der Waals surface area contributed by atoms with Crippen molar-refractivity contribution in [3.8, 4) is 16.9 Å². The number of nitrogens with zero attached hydrogens (tertiary/aromatic N) is 1. The SMILES string of the molecule is C[C@]12C[C@H](F)C3c4ccc(O)cc4C[C@@H](CCCCCCN(Cc4ccccc4)C(=O)Cc4ccc(-c5ccccc5)cc4)C3C1CC[C@@H]2O. The molecule has 7 rings (SSSR count). The maximum Gasteiger partial charge on any atom is 0.227 e. The fraction of sp³-hybridized carbons (Fsp3) is 0.444. The minimum atomic E-state index is -0.977. The highest BCUT2D eigenvalue weighted by molar-refractivity contribution is 5.79. The highest BCUT2D eigenvalue weighted by atomic mass is 19.1. The molecule has 2 N–H and O–H groups in total. The molecule has 0 aromatic heterocycles. The normalized spacial score (nSPS) is 26.9. The monoisotopic (exact) mass is 673 g/mol. The number of alkyl halides is 1. The first-order valence-electron chi connectivity index (χ1n) is 18.9. The average molecular weight is 674 g/mol. The molecule has 0 bridgehead atoms. The van der Waals surface area contributed by atoms with Gasteiger partial charge in [0.05, 0.1) is 12.5 Å². The number of carbonyl (C=O) groups is 1. The Balaban J connectivity index is 0.967. The van der Waals surface area contributed by atoms with Gasteiger partial charge in [-0.3, -0.25) is 4.79 Å². The first-order valence-corrected chi connectivity index (χ1v) is 18.9. The molecule has 4 nitrogen and oxygen atoms in total. The number of phenolic OH excluding ortho intramolecular Hbond substituents is 1. The average Bonchev–Trinajstić information content (AvgIpc) is 3.42. The molecule has 262 valence electrons. The second-order valence-corrected chi connectivity index (χ2v) is 15.6. The fourth-order valence-electron chi connectivity index (χ4n) is 9.92. The summed E-state index contributed by atoms with van der Waals surface area (Å²) in [6, 6.07) is 34.4. The molecule has 50 heavy (non-hydrogen) atoms. The van der Waals surface area contributed by atoms with Crippen molar-refractivity contribution in [3.63, 3.8) is 0 Å². The lowest BCUT2D eigenvalue weighted by Crippen LogP contribution is -2.51. The predicted molar refractivity (Wildman–Crippen MR) is 198 cm³/mol. The molecule has 7 atom stereocenters. The van der Waals surface area contributed by atoms with E-state index >= 15 is 4.39 Å². The Kier molecular flexibility index (Phi) is 10.4. The van der Waals surface area contributed by atoms with Crippen molar-refractivity contribution < 1.29 is 19.4 Å². The van der Waals surface area contributed by atoms with Crippen LogP contribution in [-0.2, 0) is 24.2 Å². The lowest BCUT2D eigenvalue weighted by molar-refractivity contribution is -0.131. The van der Waals surface area contributed by atoms with Crippen LogP contribution in [0.1, 0.15) is 86.5 Å². The van der Waals surface area contributed by atoms with E-state index in [9.17, 15) is 15.0 Å². The standard InChI is InChI=1S/C45H52FNO3/c1-45-29-40(46)44-38-22-21-37(48)28-36(38)27-35(43(44)39(45)23-24-41(45)49)16-8-2-3-11-25-47(30-32-12-6-4-7-13-32)42(50)26-31-17-19-34(20-18-31)33-14-9-5-10-15-33/h4-7,9-10,12-15,17-22,28,35,39-41,43-44,48-49H,2-3,8,11,16,23-27,29-30H2,1H3/t35-,39?,40+,41+,43?,44?,45+/m1/s1. The van der Waals surface area contributed by atoms with E-state index in [-0.39, 0.29) is 28.9 Å². The molecule has 5 heteroatoms. The van der Waals surface area contributed by atoms with Crippen LogP contribution >= 0.6 is 0 Å². The number of carbonyl (C=O) groups excluding carboxylic acids is 1. The second-order valence-electron chi connectivity index (χ2n) is 15.6. The third kappa shape index (κ3) is 7.26. The van der Waals surface area contributed by atoms with Gasteiger partial charge in [0.2, 0.25) is 5.91 Å². The highest BCUT2D eigenvalue weighted by Gasteiger charge is 2.59. The molecule has 3 aliphatic rings. The van der Waals surface area contributed by atoms with Gasteiger partial charge in [-0.2, -0.15) is 0 Å². The molecule has 3 aliphatic carbocycles. The highest BCUT2D eigenvalue weighted by Crippen LogP contribution is 2.63. The Hall–Kier alpha value is -3.96. The van der Waals surface area contributed by atoms with Crippen molar-refractivity contribution in [2.75, 3.05) is 6.54 Å². The number of unbranched alkanes of at least 4 members (excludes halogenated alkanes) is 3. The van der Waals surface area contributed by atoms with E-state index in [2.05, 4.69) is 55.5 Å². The smallest absolute Gasteiger partial charge is 0.227 e. The number of aromatic hydroxyl groups is 1. The van der Waals surface area contributed by atoms with Gasteiger partial charge in [-0.25, -0.2) is 4.39 Å². The van der Waals surface area contributed by atoms with Gasteiger partial charge in [0.25, 0.3) is 0 Å². The number of hydrogen-bond donors (Lipinski definition) is 2. The number of hydrogen-bond acceptors (Lipinski definition) is 3. The summed E-state index contributed by atoms with van der Waals surface area (Å²) in [6.07, 6.45) is 7.14. The van der Waals surface area contributed by atoms with Crippen molar-refractivity contribution in [1.29, 1.82) is 0 Å². The number of rotatable bonds is 12. The first kappa shape index (κ1) is 34.5. The van der Waals surface area contributed by atoms with E-state index in [1.807, 2.05) is 53.4 Å². The fourth-order valence-corrected chi connectivity index (χ4v) is 9.92. The van der Waals surface area contributed by atoms with Gasteiger partial charge < -0.3 is 15.1 Å². The van der Waals surface area contributed by atoms with Crippen LogP contribution in [0.4, 0.5) is 4.39 Å². The molecule has 2 fully saturated rings. The summed E-state index contributed by atoms with van der Waals surface area (Å²) in [5.74, 6) is 1.14. The molecule has 4 aromatic rings. The number of fused-ring (bicyclic) bond motifs is 5. The van der Waals surface area contributed by atoms with Gasteiger partial charge in [-0.15, -0.1) is 0 Å². The third-order valence-corrected chi connectivity index (χ3v) is 12.5. The van der Waals surface area contributed by atoms with Crippen molar-refractivity contribution in [3.05, 3.63) is 125 Å². The van der Waals surface area contributed by atoms with Crippen molar-refractivity contribution in [2.24, 2.45) is 23.2 Å². The Morgan fingerprint density at radius 3 is 2.30 bits per heavy atom. The lowest BCUT2D eigenvalue weighted by Gasteiger charge is -2.54. The zero-order valence-corrected chi connectivity index (χ0v) is 29.4. The largest absolute Gasteiger partial charge is 0.508 e. The van der Waals surface area contributed by atoms with Gasteiger partial charge in [0.15, 0.2) is 0 Å². The second kappa shape index (κ2) is 15.1. The number of phenols is 1. The van der Waals surface area contributed by atoms with Gasteiger partial charge >= 0.3 is 0 Å². The molecule has 3 unspecified atom stereocenters. The summed E-state index contributed by atoms with van der Waals surface area (Å²) in [5.41, 5.74) is 6.31. The summed E-state index contributed by atoms with van der Waals surface area (Å²) in [4.78, 5) is 15.7. The van der Waals surface area contributed by atoms with Crippen LogP contribution in [0, 0.1) is 23.2 Å². The first-order chi connectivity index (χ1) is 24.3. The van der Waals surface area contributed by atoms with E-state index in [1.54, 1.807) is 6.07 Å². The number of aliphatic hydroxyl groups is 1. The topological polar surface area (TPSA) is 60.8 Å². The molecule has 1 amide bonds. The van der Waals surface area contributed by atoms with Crippen molar-refractivity contribution >= 4 is 5.91 Å². The predicted octanol–water partition coefficient (Wildman–Crippen LogP) is 9.67. The maximum atomic E-state index is 16.1. The molecular weight excluding hydrogens is 621 g/mol. The molecule has 0 saturated heterocycles. The molecule has 0 aliphatic heterocycles. The Bertz CT molecular complexity index is 1730. The molecule has 2 saturated carbocycles. The van der Waals surface area contributed by atoms with Gasteiger partial charge in [0, 0.05) is 19.0 Å². The van der Waals surface area contributed by atoms with Gasteiger partial charge in [-0.1, -0.05) is 117 Å². The summed E-state index contributed by atoms with van der Waals surface area (Å²) < 4.78 is 16.1. The van der Waals surface area contributed by atoms with Crippen LogP contribution in [0.25, 0.3) is 11.1 Å². The number of benzene rings is 4. The van der Waals surface area contributed by atoms with Crippen LogP contribution in [0.5, 0.6) is 5.75 Å². The third-order valence-electron chi connectivity index (χ3n) is 12.5. The number of amides is 1. The minimum Gasteiger partial charge on any atom is -0.508 e. The van der Waals surface area contributed by atoms with Gasteiger partial charge in [0.1, 0.15) is 11.9 Å². The van der Waals surface area contributed by atoms with Crippen molar-refractivity contribution in [2.45, 2.75) is 95.9 Å². The summed E-state index contributed by atoms with van der Waals surface area (Å²) in [5, 5.41) is 21.3. The molecule has 4 aromatic carbocycles. The number of halogens is 1. The Morgan fingerprint density at radius 2 is 1.54 bits per heavy atom. The van der Waals surface area contributed by atoms with Crippen LogP contribution in [0.2, 0.25) is 0 Å². The van der Waals surface area contributed by atoms with Crippen LogP contribution in [-0.4, -0.2) is 39.8 Å². The number of aliphatic hydroxyl groups excluding tert-OH is 1. The van der Waals surface area contributed by atoms with Crippen LogP contribution in [0.3, 0.4) is 0 Å². The van der Waals surface area contributed by atoms with Crippen LogP contribution < -0.4 is 0 Å². The minimum absolute atomic E-state index is 0.149. The van der Waals surface area contributed by atoms with E-state index in [1.165, 1.54) is 5.56 Å². The molecular formula is C45H52FNO3. The van der Waals surface area contributed by atoms with Crippen molar-refractivity contribution in [1.82, 2.24) is 4.90 Å². The van der Waals surface area contributed by atoms with E-state index < -0.39 is 12.3 Å². The summed E-state index contributed by atoms with van der Waals surface area (Å²) in [7, 11) is 0. The van der Waals surface area contributed by atoms with Crippen LogP contribution in [0.15, 0.2) is 103 Å². The van der Waals surface area contributed by atoms with E-state index in [4.69, 9.17) is 0 Å². The lowest BCUT2D eigenvalue weighted by atomic mass is 9.51. The Labute approximate surface area is 297 Å². The zero-order chi connectivity index (χ0) is 34.7. The maximum absolute atomic E-state index is 16.1. The summed E-state index contributed by atoms with van der Waals surface area (Å²) in [6.45, 7) is 3.46. The summed E-state index contributed by atoms with van der Waals surface area (Å²) >= 11 is 0. The molecule has 0 spiro atoms. The molecule has 0 heterocycles. The quantitative estimate of drug-likeness (QED) is 0.147. The molecule has 0 radical (unpaired) electrons. The van der Waals surface area contributed by atoms with Gasteiger partial charge in [-0.05, 0) is 107 Å². The van der Waals surface area contributed by atoms with E-state index in [0.29, 0.717) is 31.2 Å². The van der Waals surface area contributed by atoms with E-state index in [0.717, 1.165) is 85.7 Å². The Morgan fingerprint density at radius 1 is 0.840 bits per heavy atom.